The topological polar surface area (TPSA) is 45.7 Å². The van der Waals surface area contributed by atoms with E-state index in [2.05, 4.69) is 20.4 Å². The second-order valence-corrected chi connectivity index (χ2v) is 5.14. The molecular formula is C15H20F6IN3O. The third kappa shape index (κ3) is 12.2. The first-order valence-corrected chi connectivity index (χ1v) is 7.32. The summed E-state index contributed by atoms with van der Waals surface area (Å²) in [5.74, 6) is 0.224. The van der Waals surface area contributed by atoms with Crippen LogP contribution in [0.4, 0.5) is 26.3 Å². The highest BCUT2D eigenvalue weighted by molar-refractivity contribution is 14.0. The lowest BCUT2D eigenvalue weighted by Crippen LogP contribution is -2.38. The van der Waals surface area contributed by atoms with E-state index in [0.717, 1.165) is 5.56 Å². The van der Waals surface area contributed by atoms with Crippen molar-refractivity contribution in [3.8, 4) is 0 Å². The zero-order valence-electron chi connectivity index (χ0n) is 13.9. The van der Waals surface area contributed by atoms with Crippen LogP contribution in [0.2, 0.25) is 0 Å². The van der Waals surface area contributed by atoms with Crippen LogP contribution in [0.1, 0.15) is 17.5 Å². The van der Waals surface area contributed by atoms with E-state index in [4.69, 9.17) is 0 Å². The minimum atomic E-state index is -4.36. The zero-order valence-corrected chi connectivity index (χ0v) is 16.2. The summed E-state index contributed by atoms with van der Waals surface area (Å²) in [6, 6.07) is 6.60. The lowest BCUT2D eigenvalue weighted by Gasteiger charge is -2.13. The number of nitrogens with zero attached hydrogens (tertiary/aromatic N) is 1. The van der Waals surface area contributed by atoms with Gasteiger partial charge in [-0.25, -0.2) is 0 Å². The Morgan fingerprint density at radius 2 is 1.54 bits per heavy atom. The Morgan fingerprint density at radius 1 is 0.962 bits per heavy atom. The molecule has 150 valence electrons. The molecular weight excluding hydrogens is 479 g/mol. The van der Waals surface area contributed by atoms with Gasteiger partial charge in [0, 0.05) is 20.1 Å². The smallest absolute Gasteiger partial charge is 0.367 e. The average molecular weight is 499 g/mol. The van der Waals surface area contributed by atoms with Gasteiger partial charge in [0.15, 0.2) is 5.96 Å². The number of rotatable bonds is 7. The zero-order chi connectivity index (χ0) is 18.9. The molecule has 1 rings (SSSR count). The number of benzene rings is 1. The summed E-state index contributed by atoms with van der Waals surface area (Å²) < 4.78 is 76.7. The predicted molar refractivity (Wildman–Crippen MR) is 96.4 cm³/mol. The van der Waals surface area contributed by atoms with Crippen molar-refractivity contribution in [3.63, 3.8) is 0 Å². The minimum absolute atomic E-state index is 0. The number of halogens is 7. The van der Waals surface area contributed by atoms with Gasteiger partial charge < -0.3 is 15.4 Å². The quantitative estimate of drug-likeness (QED) is 0.258. The first-order valence-electron chi connectivity index (χ1n) is 7.32. The van der Waals surface area contributed by atoms with Crippen molar-refractivity contribution in [2.45, 2.75) is 31.9 Å². The van der Waals surface area contributed by atoms with Crippen molar-refractivity contribution < 1.29 is 31.1 Å². The molecule has 0 radical (unpaired) electrons. The molecule has 26 heavy (non-hydrogen) atoms. The summed E-state index contributed by atoms with van der Waals surface area (Å²) in [5.41, 5.74) is 1.37. The maximum Gasteiger partial charge on any atom is 0.411 e. The fraction of sp³-hybridized carbons (Fsp3) is 0.533. The number of ether oxygens (including phenoxy) is 1. The molecule has 0 saturated heterocycles. The molecule has 0 amide bonds. The third-order valence-corrected chi connectivity index (χ3v) is 2.94. The molecule has 0 bridgehead atoms. The summed E-state index contributed by atoms with van der Waals surface area (Å²) in [6.07, 6.45) is -9.57. The van der Waals surface area contributed by atoms with Crippen LogP contribution < -0.4 is 10.6 Å². The maximum atomic E-state index is 12.1. The van der Waals surface area contributed by atoms with Crippen LogP contribution in [-0.2, 0) is 17.9 Å². The van der Waals surface area contributed by atoms with Gasteiger partial charge in [0.2, 0.25) is 0 Å². The number of alkyl halides is 6. The molecule has 0 saturated carbocycles. The Bertz CT molecular complexity index is 546. The van der Waals surface area contributed by atoms with E-state index in [1.807, 2.05) is 0 Å². The summed E-state index contributed by atoms with van der Waals surface area (Å²) in [7, 11) is 1.43. The van der Waals surface area contributed by atoms with E-state index in [1.165, 1.54) is 7.05 Å². The standard InChI is InChI=1S/C15H19F6N3O.HI/c1-22-13(23-7-6-14(16,17)18)24-8-11-2-4-12(5-3-11)9-25-10-15(19,20)21;/h2-5H,6-10H2,1H3,(H2,22,23,24);1H. The van der Waals surface area contributed by atoms with Crippen molar-refractivity contribution in [1.29, 1.82) is 0 Å². The molecule has 0 fully saturated rings. The number of hydrogen-bond donors (Lipinski definition) is 2. The lowest BCUT2D eigenvalue weighted by atomic mass is 10.1. The van der Waals surface area contributed by atoms with Crippen molar-refractivity contribution in [1.82, 2.24) is 10.6 Å². The SMILES string of the molecule is CN=C(NCCC(F)(F)F)NCc1ccc(COCC(F)(F)F)cc1.I. The molecule has 1 aromatic rings. The van der Waals surface area contributed by atoms with Crippen LogP contribution in [0.5, 0.6) is 0 Å². The van der Waals surface area contributed by atoms with E-state index in [0.29, 0.717) is 12.1 Å². The molecule has 0 unspecified atom stereocenters. The van der Waals surface area contributed by atoms with Gasteiger partial charge >= 0.3 is 12.4 Å². The van der Waals surface area contributed by atoms with E-state index in [-0.39, 0.29) is 43.1 Å². The van der Waals surface area contributed by atoms with Gasteiger partial charge in [-0.3, -0.25) is 4.99 Å². The Morgan fingerprint density at radius 3 is 2.04 bits per heavy atom. The molecule has 0 heterocycles. The highest BCUT2D eigenvalue weighted by Gasteiger charge is 2.27. The first-order chi connectivity index (χ1) is 11.6. The fourth-order valence-corrected chi connectivity index (χ4v) is 1.77. The van der Waals surface area contributed by atoms with Crippen LogP contribution >= 0.6 is 24.0 Å². The second kappa shape index (κ2) is 11.5. The molecule has 4 nitrogen and oxygen atoms in total. The van der Waals surface area contributed by atoms with Crippen LogP contribution in [-0.4, -0.2) is 38.5 Å². The largest absolute Gasteiger partial charge is 0.411 e. The highest BCUT2D eigenvalue weighted by atomic mass is 127. The number of guanidine groups is 1. The molecule has 0 aliphatic heterocycles. The summed E-state index contributed by atoms with van der Waals surface area (Å²) in [4.78, 5) is 3.80. The normalized spacial score (nSPS) is 12.5. The lowest BCUT2D eigenvalue weighted by molar-refractivity contribution is -0.176. The summed E-state index contributed by atoms with van der Waals surface area (Å²) >= 11 is 0. The van der Waals surface area contributed by atoms with E-state index in [9.17, 15) is 26.3 Å². The van der Waals surface area contributed by atoms with Gasteiger partial charge in [0.1, 0.15) is 6.61 Å². The van der Waals surface area contributed by atoms with Crippen molar-refractivity contribution in [2.24, 2.45) is 4.99 Å². The monoisotopic (exact) mass is 499 g/mol. The molecule has 0 atom stereocenters. The number of nitrogens with one attached hydrogen (secondary N) is 2. The highest BCUT2D eigenvalue weighted by Crippen LogP contribution is 2.18. The fourth-order valence-electron chi connectivity index (χ4n) is 1.77. The summed E-state index contributed by atoms with van der Waals surface area (Å²) in [5, 5.41) is 5.39. The molecule has 0 aliphatic carbocycles. The van der Waals surface area contributed by atoms with Crippen molar-refractivity contribution in [2.75, 3.05) is 20.2 Å². The van der Waals surface area contributed by atoms with Crippen molar-refractivity contribution >= 4 is 29.9 Å². The van der Waals surface area contributed by atoms with Gasteiger partial charge in [-0.15, -0.1) is 24.0 Å². The molecule has 0 aliphatic rings. The van der Waals surface area contributed by atoms with Gasteiger partial charge in [0.05, 0.1) is 13.0 Å². The van der Waals surface area contributed by atoms with Crippen LogP contribution in [0.25, 0.3) is 0 Å². The molecule has 0 spiro atoms. The van der Waals surface area contributed by atoms with Gasteiger partial charge in [-0.05, 0) is 11.1 Å². The number of hydrogen-bond acceptors (Lipinski definition) is 2. The first kappa shape index (κ1) is 24.8. The Kier molecular flexibility index (Phi) is 10.9. The Hall–Kier alpha value is -1.24. The predicted octanol–water partition coefficient (Wildman–Crippen LogP) is 4.00. The maximum absolute atomic E-state index is 12.1. The van der Waals surface area contributed by atoms with E-state index in [1.54, 1.807) is 24.3 Å². The Labute approximate surface area is 164 Å². The minimum Gasteiger partial charge on any atom is -0.367 e. The average Bonchev–Trinajstić information content (AvgIpc) is 2.49. The van der Waals surface area contributed by atoms with E-state index >= 15 is 0 Å². The van der Waals surface area contributed by atoms with Gasteiger partial charge in [-0.2, -0.15) is 26.3 Å². The molecule has 1 aromatic carbocycles. The van der Waals surface area contributed by atoms with Crippen LogP contribution in [0, 0.1) is 0 Å². The van der Waals surface area contributed by atoms with Gasteiger partial charge in [-0.1, -0.05) is 24.3 Å². The van der Waals surface area contributed by atoms with Gasteiger partial charge in [0.25, 0.3) is 0 Å². The third-order valence-electron chi connectivity index (χ3n) is 2.94. The number of aliphatic imine (C=N–C) groups is 1. The molecule has 0 aromatic heterocycles. The van der Waals surface area contributed by atoms with Crippen LogP contribution in [0.15, 0.2) is 29.3 Å². The van der Waals surface area contributed by atoms with Crippen LogP contribution in [0.3, 0.4) is 0 Å². The summed E-state index contributed by atoms with van der Waals surface area (Å²) in [6.45, 7) is -1.46. The molecule has 11 heteroatoms. The Balaban J connectivity index is 0.00000625. The molecule has 2 N–H and O–H groups in total. The van der Waals surface area contributed by atoms with E-state index < -0.39 is 25.4 Å². The second-order valence-electron chi connectivity index (χ2n) is 5.14. The van der Waals surface area contributed by atoms with Crippen molar-refractivity contribution in [3.05, 3.63) is 35.4 Å².